The number of carbonyl (C=O) groups excluding carboxylic acids is 2. The standard InChI is InChI=1S/C28H33ClN6O2/c1-17-3-4-18(2)20(11-17)14-34-16-32-23-12-24(27(36)33-22-8-6-21(30)7-9-22)35(15-25(23)34)28(37)19-5-10-26(29)31-13-19/h3-5,10-11,13,16,21-22,24H,6-9,12,14-15,30H2,1-2H3,(H,33,36). The zero-order valence-corrected chi connectivity index (χ0v) is 22.0. The number of aromatic nitrogens is 3. The predicted octanol–water partition coefficient (Wildman–Crippen LogP) is 3.55. The fourth-order valence-corrected chi connectivity index (χ4v) is 5.45. The van der Waals surface area contributed by atoms with Crippen molar-refractivity contribution < 1.29 is 9.59 Å². The average molecular weight is 521 g/mol. The Balaban J connectivity index is 1.43. The first-order valence-corrected chi connectivity index (χ1v) is 13.2. The molecule has 2 amide bonds. The van der Waals surface area contributed by atoms with Crippen molar-refractivity contribution in [3.63, 3.8) is 0 Å². The summed E-state index contributed by atoms with van der Waals surface area (Å²) >= 11 is 5.95. The van der Waals surface area contributed by atoms with Crippen LogP contribution in [-0.4, -0.2) is 49.4 Å². The highest BCUT2D eigenvalue weighted by Crippen LogP contribution is 2.27. The lowest BCUT2D eigenvalue weighted by molar-refractivity contribution is -0.127. The topological polar surface area (TPSA) is 106 Å². The van der Waals surface area contributed by atoms with Gasteiger partial charge in [0.25, 0.3) is 5.91 Å². The van der Waals surface area contributed by atoms with Gasteiger partial charge in [-0.05, 0) is 62.8 Å². The fourth-order valence-electron chi connectivity index (χ4n) is 5.33. The van der Waals surface area contributed by atoms with Gasteiger partial charge in [0.15, 0.2) is 0 Å². The van der Waals surface area contributed by atoms with Gasteiger partial charge < -0.3 is 20.5 Å². The zero-order chi connectivity index (χ0) is 26.1. The van der Waals surface area contributed by atoms with Crippen LogP contribution in [0.15, 0.2) is 42.9 Å². The number of hydrogen-bond acceptors (Lipinski definition) is 5. The summed E-state index contributed by atoms with van der Waals surface area (Å²) in [6, 6.07) is 9.26. The number of fused-ring (bicyclic) bond motifs is 1. The van der Waals surface area contributed by atoms with Crippen molar-refractivity contribution in [3.8, 4) is 0 Å². The van der Waals surface area contributed by atoms with Crippen molar-refractivity contribution in [2.24, 2.45) is 5.73 Å². The third kappa shape index (κ3) is 5.55. The van der Waals surface area contributed by atoms with E-state index in [-0.39, 0.29) is 30.4 Å². The maximum atomic E-state index is 13.7. The van der Waals surface area contributed by atoms with Gasteiger partial charge in [0.2, 0.25) is 5.91 Å². The molecule has 37 heavy (non-hydrogen) atoms. The lowest BCUT2D eigenvalue weighted by atomic mass is 9.91. The lowest BCUT2D eigenvalue weighted by Crippen LogP contribution is -2.55. The van der Waals surface area contributed by atoms with Crippen LogP contribution in [0.4, 0.5) is 0 Å². The maximum absolute atomic E-state index is 13.7. The van der Waals surface area contributed by atoms with E-state index in [1.54, 1.807) is 17.0 Å². The number of nitrogens with zero attached hydrogens (tertiary/aromatic N) is 4. The smallest absolute Gasteiger partial charge is 0.256 e. The van der Waals surface area contributed by atoms with E-state index >= 15 is 0 Å². The molecule has 1 atom stereocenters. The number of aryl methyl sites for hydroxylation is 2. The quantitative estimate of drug-likeness (QED) is 0.500. The molecule has 1 aliphatic heterocycles. The Hall–Kier alpha value is -3.23. The van der Waals surface area contributed by atoms with Crippen molar-refractivity contribution in [1.82, 2.24) is 24.8 Å². The summed E-state index contributed by atoms with van der Waals surface area (Å²) in [5, 5.41) is 3.50. The molecule has 2 aromatic heterocycles. The SMILES string of the molecule is Cc1ccc(C)c(Cn2cnc3c2CN(C(=O)c2ccc(Cl)nc2)C(C(=O)NC2CCC(N)CC2)C3)c1. The second-order valence-electron chi connectivity index (χ2n) is 10.3. The summed E-state index contributed by atoms with van der Waals surface area (Å²) in [4.78, 5) is 37.6. The molecule has 3 heterocycles. The molecule has 3 aromatic rings. The molecule has 2 aliphatic rings. The molecule has 0 spiro atoms. The highest BCUT2D eigenvalue weighted by atomic mass is 35.5. The van der Waals surface area contributed by atoms with Crippen LogP contribution in [0, 0.1) is 13.8 Å². The highest BCUT2D eigenvalue weighted by Gasteiger charge is 2.38. The first-order valence-electron chi connectivity index (χ1n) is 12.9. The third-order valence-electron chi connectivity index (χ3n) is 7.62. The first-order chi connectivity index (χ1) is 17.8. The molecule has 194 valence electrons. The molecule has 9 heteroatoms. The van der Waals surface area contributed by atoms with Crippen LogP contribution in [0.5, 0.6) is 0 Å². The van der Waals surface area contributed by atoms with Crippen LogP contribution < -0.4 is 11.1 Å². The van der Waals surface area contributed by atoms with Gasteiger partial charge in [-0.2, -0.15) is 0 Å². The number of halogens is 1. The number of rotatable bonds is 5. The molecule has 1 aliphatic carbocycles. The molecule has 0 saturated heterocycles. The normalized spacial score (nSPS) is 21.4. The Labute approximate surface area is 222 Å². The highest BCUT2D eigenvalue weighted by molar-refractivity contribution is 6.29. The lowest BCUT2D eigenvalue weighted by Gasteiger charge is -2.36. The summed E-state index contributed by atoms with van der Waals surface area (Å²) in [5.41, 5.74) is 11.8. The zero-order valence-electron chi connectivity index (χ0n) is 21.3. The Bertz CT molecular complexity index is 1300. The molecule has 1 unspecified atom stereocenters. The van der Waals surface area contributed by atoms with Crippen LogP contribution in [0.1, 0.15) is 64.1 Å². The van der Waals surface area contributed by atoms with Gasteiger partial charge >= 0.3 is 0 Å². The largest absolute Gasteiger partial charge is 0.352 e. The molecule has 1 aromatic carbocycles. The van der Waals surface area contributed by atoms with Gasteiger partial charge in [-0.25, -0.2) is 9.97 Å². The first kappa shape index (κ1) is 25.4. The van der Waals surface area contributed by atoms with Crippen molar-refractivity contribution >= 4 is 23.4 Å². The van der Waals surface area contributed by atoms with E-state index in [2.05, 4.69) is 51.9 Å². The monoisotopic (exact) mass is 520 g/mol. The number of nitrogens with two attached hydrogens (primary N) is 1. The number of carbonyl (C=O) groups is 2. The van der Waals surface area contributed by atoms with Crippen LogP contribution in [-0.2, 0) is 24.3 Å². The number of hydrogen-bond donors (Lipinski definition) is 2. The summed E-state index contributed by atoms with van der Waals surface area (Å²) in [5.74, 6) is -0.398. The van der Waals surface area contributed by atoms with Crippen LogP contribution in [0.3, 0.4) is 0 Å². The summed E-state index contributed by atoms with van der Waals surface area (Å²) in [6.07, 6.45) is 7.13. The molecule has 1 fully saturated rings. The van der Waals surface area contributed by atoms with Gasteiger partial charge in [-0.15, -0.1) is 0 Å². The van der Waals surface area contributed by atoms with E-state index in [4.69, 9.17) is 17.3 Å². The van der Waals surface area contributed by atoms with E-state index in [0.29, 0.717) is 23.7 Å². The molecular weight excluding hydrogens is 488 g/mol. The van der Waals surface area contributed by atoms with E-state index in [1.807, 2.05) is 6.33 Å². The second-order valence-corrected chi connectivity index (χ2v) is 10.7. The number of benzene rings is 1. The van der Waals surface area contributed by atoms with Gasteiger partial charge in [0.1, 0.15) is 11.2 Å². The molecule has 0 bridgehead atoms. The Morgan fingerprint density at radius 1 is 1.11 bits per heavy atom. The molecule has 1 saturated carbocycles. The summed E-state index contributed by atoms with van der Waals surface area (Å²) in [6.45, 7) is 5.12. The van der Waals surface area contributed by atoms with Crippen molar-refractivity contribution in [2.45, 2.75) is 77.2 Å². The fraction of sp³-hybridized carbons (Fsp3) is 0.429. The minimum Gasteiger partial charge on any atom is -0.352 e. The number of pyridine rings is 1. The Kier molecular flexibility index (Phi) is 7.31. The van der Waals surface area contributed by atoms with E-state index < -0.39 is 6.04 Å². The van der Waals surface area contributed by atoms with Crippen molar-refractivity contribution in [1.29, 1.82) is 0 Å². The van der Waals surface area contributed by atoms with E-state index in [0.717, 1.165) is 37.1 Å². The molecular formula is C28H33ClN6O2. The average Bonchev–Trinajstić information content (AvgIpc) is 3.28. The minimum absolute atomic E-state index is 0.0738. The molecule has 0 radical (unpaired) electrons. The van der Waals surface area contributed by atoms with Crippen molar-refractivity contribution in [3.05, 3.63) is 81.7 Å². The number of amides is 2. The Morgan fingerprint density at radius 3 is 2.62 bits per heavy atom. The van der Waals surface area contributed by atoms with Crippen LogP contribution in [0.25, 0.3) is 0 Å². The predicted molar refractivity (Wildman–Crippen MR) is 142 cm³/mol. The summed E-state index contributed by atoms with van der Waals surface area (Å²) < 4.78 is 2.09. The Morgan fingerprint density at radius 2 is 1.89 bits per heavy atom. The number of nitrogens with one attached hydrogen (secondary N) is 1. The third-order valence-corrected chi connectivity index (χ3v) is 7.84. The minimum atomic E-state index is -0.657. The molecule has 5 rings (SSSR count). The van der Waals surface area contributed by atoms with Crippen LogP contribution >= 0.6 is 11.6 Å². The number of imidazole rings is 1. The summed E-state index contributed by atoms with van der Waals surface area (Å²) in [7, 11) is 0. The van der Waals surface area contributed by atoms with Gasteiger partial charge in [-0.3, -0.25) is 9.59 Å². The van der Waals surface area contributed by atoms with Gasteiger partial charge in [0, 0.05) is 31.2 Å². The second kappa shape index (κ2) is 10.6. The van der Waals surface area contributed by atoms with E-state index in [9.17, 15) is 9.59 Å². The molecule has 3 N–H and O–H groups in total. The van der Waals surface area contributed by atoms with Crippen molar-refractivity contribution in [2.75, 3.05) is 0 Å². The van der Waals surface area contributed by atoms with E-state index in [1.165, 1.54) is 22.9 Å². The van der Waals surface area contributed by atoms with Gasteiger partial charge in [0.05, 0.1) is 29.8 Å². The molecule has 8 nitrogen and oxygen atoms in total. The van der Waals surface area contributed by atoms with Gasteiger partial charge in [-0.1, -0.05) is 35.4 Å². The van der Waals surface area contributed by atoms with Crippen LogP contribution in [0.2, 0.25) is 5.15 Å². The maximum Gasteiger partial charge on any atom is 0.256 e.